The van der Waals surface area contributed by atoms with Gasteiger partial charge in [0.15, 0.2) is 0 Å². The molecule has 0 N–H and O–H groups in total. The van der Waals surface area contributed by atoms with Crippen molar-refractivity contribution in [3.8, 4) is 11.1 Å². The van der Waals surface area contributed by atoms with Crippen molar-refractivity contribution in [2.45, 2.75) is 31.4 Å². The molecule has 29 heavy (non-hydrogen) atoms. The predicted molar refractivity (Wildman–Crippen MR) is 110 cm³/mol. The Bertz CT molecular complexity index is 1030. The van der Waals surface area contributed by atoms with Crippen LogP contribution in [-0.4, -0.2) is 17.5 Å². The Morgan fingerprint density at radius 3 is 2.52 bits per heavy atom. The Labute approximate surface area is 169 Å². The zero-order valence-corrected chi connectivity index (χ0v) is 16.1. The molecule has 1 fully saturated rings. The molecule has 0 unspecified atom stereocenters. The lowest BCUT2D eigenvalue weighted by atomic mass is 9.95. The first-order valence-corrected chi connectivity index (χ1v) is 10.1. The number of rotatable bonds is 3. The number of piperidine rings is 1. The molecule has 2 bridgehead atoms. The van der Waals surface area contributed by atoms with Crippen LogP contribution in [0.15, 0.2) is 72.8 Å². The average molecular weight is 387 g/mol. The monoisotopic (exact) mass is 387 g/mol. The number of carbonyl (C=O) groups is 1. The van der Waals surface area contributed by atoms with Gasteiger partial charge in [-0.2, -0.15) is 0 Å². The van der Waals surface area contributed by atoms with Crippen LogP contribution < -0.4 is 0 Å². The molecular weight excluding hydrogens is 365 g/mol. The van der Waals surface area contributed by atoms with Gasteiger partial charge in [0.2, 0.25) is 0 Å². The number of benzene rings is 3. The number of ether oxygens (including phenoxy) is 1. The van der Waals surface area contributed by atoms with Crippen LogP contribution in [-0.2, 0) is 11.3 Å². The SMILES string of the molecule is O=C(OCc1ccccc1)N1CC[C@@H]2C[C@H]1c1cc(-c3ccc(F)cc3)ccc12. The highest BCUT2D eigenvalue weighted by molar-refractivity contribution is 5.71. The van der Waals surface area contributed by atoms with Gasteiger partial charge in [-0.25, -0.2) is 9.18 Å². The Kier molecular flexibility index (Phi) is 4.55. The van der Waals surface area contributed by atoms with E-state index in [2.05, 4.69) is 18.2 Å². The molecule has 5 rings (SSSR count). The molecule has 1 saturated heterocycles. The van der Waals surface area contributed by atoms with Crippen LogP contribution in [0.1, 0.15) is 41.5 Å². The van der Waals surface area contributed by atoms with E-state index in [1.165, 1.54) is 23.3 Å². The highest BCUT2D eigenvalue weighted by Crippen LogP contribution is 2.50. The highest BCUT2D eigenvalue weighted by Gasteiger charge is 2.41. The Morgan fingerprint density at radius 1 is 0.966 bits per heavy atom. The van der Waals surface area contributed by atoms with Crippen LogP contribution in [0.2, 0.25) is 0 Å². The predicted octanol–water partition coefficient (Wildman–Crippen LogP) is 6.06. The topological polar surface area (TPSA) is 29.5 Å². The summed E-state index contributed by atoms with van der Waals surface area (Å²) in [6.07, 6.45) is 1.65. The van der Waals surface area contributed by atoms with E-state index < -0.39 is 0 Å². The van der Waals surface area contributed by atoms with E-state index in [0.717, 1.165) is 29.5 Å². The summed E-state index contributed by atoms with van der Waals surface area (Å²) in [6.45, 7) is 0.998. The van der Waals surface area contributed by atoms with Gasteiger partial charge >= 0.3 is 6.09 Å². The number of carbonyl (C=O) groups excluding carboxylic acids is 1. The fourth-order valence-electron chi connectivity index (χ4n) is 4.62. The van der Waals surface area contributed by atoms with Crippen LogP contribution in [0, 0.1) is 5.82 Å². The first kappa shape index (κ1) is 17.9. The normalized spacial score (nSPS) is 19.7. The van der Waals surface area contributed by atoms with Crippen molar-refractivity contribution >= 4 is 6.09 Å². The molecule has 1 heterocycles. The average Bonchev–Trinajstić information content (AvgIpc) is 3.05. The lowest BCUT2D eigenvalue weighted by Crippen LogP contribution is -2.37. The minimum Gasteiger partial charge on any atom is -0.445 e. The van der Waals surface area contributed by atoms with Crippen molar-refractivity contribution in [3.05, 3.63) is 95.3 Å². The summed E-state index contributed by atoms with van der Waals surface area (Å²) >= 11 is 0. The molecule has 1 amide bonds. The van der Waals surface area contributed by atoms with Crippen LogP contribution in [0.25, 0.3) is 11.1 Å². The molecule has 2 atom stereocenters. The third kappa shape index (κ3) is 3.39. The molecule has 3 nitrogen and oxygen atoms in total. The van der Waals surface area contributed by atoms with Gasteiger partial charge in [-0.1, -0.05) is 54.6 Å². The molecule has 0 radical (unpaired) electrons. The van der Waals surface area contributed by atoms with E-state index >= 15 is 0 Å². The van der Waals surface area contributed by atoms with Gasteiger partial charge in [-0.15, -0.1) is 0 Å². The van der Waals surface area contributed by atoms with Gasteiger partial charge in [0.25, 0.3) is 0 Å². The Hall–Kier alpha value is -3.14. The van der Waals surface area contributed by atoms with Crippen molar-refractivity contribution in [3.63, 3.8) is 0 Å². The first-order valence-electron chi connectivity index (χ1n) is 10.1. The number of halogens is 1. The molecule has 0 saturated carbocycles. The highest BCUT2D eigenvalue weighted by atomic mass is 19.1. The maximum Gasteiger partial charge on any atom is 0.410 e. The van der Waals surface area contributed by atoms with Gasteiger partial charge in [0.1, 0.15) is 12.4 Å². The largest absolute Gasteiger partial charge is 0.445 e. The van der Waals surface area contributed by atoms with E-state index in [9.17, 15) is 9.18 Å². The van der Waals surface area contributed by atoms with Crippen molar-refractivity contribution in [2.24, 2.45) is 0 Å². The van der Waals surface area contributed by atoms with Crippen molar-refractivity contribution < 1.29 is 13.9 Å². The molecule has 0 spiro atoms. The van der Waals surface area contributed by atoms with Crippen LogP contribution in [0.3, 0.4) is 0 Å². The third-order valence-electron chi connectivity index (χ3n) is 6.11. The van der Waals surface area contributed by atoms with Crippen molar-refractivity contribution in [2.75, 3.05) is 6.54 Å². The first-order chi connectivity index (χ1) is 14.2. The van der Waals surface area contributed by atoms with Crippen LogP contribution >= 0.6 is 0 Å². The standard InChI is InChI=1S/C25H22FNO2/c26-21-9-6-18(7-10-21)19-8-11-22-20-12-13-27(24(15-20)23(22)14-19)25(28)29-16-17-4-2-1-3-5-17/h1-11,14,20,24H,12-13,15-16H2/t20-,24+/m1/s1. The maximum atomic E-state index is 13.3. The molecule has 3 aromatic carbocycles. The number of likely N-dealkylation sites (tertiary alicyclic amines) is 1. The zero-order valence-electron chi connectivity index (χ0n) is 16.1. The van der Waals surface area contributed by atoms with E-state index in [1.54, 1.807) is 12.1 Å². The second-order valence-corrected chi connectivity index (χ2v) is 7.82. The van der Waals surface area contributed by atoms with Crippen LogP contribution in [0.5, 0.6) is 0 Å². The Morgan fingerprint density at radius 2 is 1.72 bits per heavy atom. The smallest absolute Gasteiger partial charge is 0.410 e. The van der Waals surface area contributed by atoms with Gasteiger partial charge < -0.3 is 9.64 Å². The number of nitrogens with zero attached hydrogens (tertiary/aromatic N) is 1. The van der Waals surface area contributed by atoms with E-state index in [4.69, 9.17) is 4.74 Å². The summed E-state index contributed by atoms with van der Waals surface area (Å²) < 4.78 is 18.9. The lowest BCUT2D eigenvalue weighted by Gasteiger charge is -2.33. The number of amides is 1. The molecule has 1 aliphatic heterocycles. The minimum atomic E-state index is -0.252. The summed E-state index contributed by atoms with van der Waals surface area (Å²) in [6, 6.07) is 22.8. The quantitative estimate of drug-likeness (QED) is 0.546. The van der Waals surface area contributed by atoms with E-state index in [1.807, 2.05) is 35.2 Å². The number of hydrogen-bond acceptors (Lipinski definition) is 2. The Balaban J connectivity index is 1.38. The molecule has 2 aliphatic rings. The second-order valence-electron chi connectivity index (χ2n) is 7.82. The summed E-state index contributed by atoms with van der Waals surface area (Å²) in [5.74, 6) is 0.258. The fourth-order valence-corrected chi connectivity index (χ4v) is 4.62. The second kappa shape index (κ2) is 7.36. The van der Waals surface area contributed by atoms with Crippen molar-refractivity contribution in [1.29, 1.82) is 0 Å². The third-order valence-corrected chi connectivity index (χ3v) is 6.11. The lowest BCUT2D eigenvalue weighted by molar-refractivity contribution is 0.0694. The van der Waals surface area contributed by atoms with Gasteiger partial charge in [-0.3, -0.25) is 0 Å². The maximum absolute atomic E-state index is 13.3. The van der Waals surface area contributed by atoms with Gasteiger partial charge in [0.05, 0.1) is 6.04 Å². The van der Waals surface area contributed by atoms with Gasteiger partial charge in [-0.05, 0) is 64.8 Å². The summed E-state index contributed by atoms with van der Waals surface area (Å²) in [4.78, 5) is 14.7. The molecular formula is C25H22FNO2. The molecule has 146 valence electrons. The molecule has 1 aliphatic carbocycles. The van der Waals surface area contributed by atoms with Crippen LogP contribution in [0.4, 0.5) is 9.18 Å². The molecule has 3 aromatic rings. The summed E-state index contributed by atoms with van der Waals surface area (Å²) in [7, 11) is 0. The van der Waals surface area contributed by atoms with E-state index in [0.29, 0.717) is 12.5 Å². The number of hydrogen-bond donors (Lipinski definition) is 0. The summed E-state index contributed by atoms with van der Waals surface area (Å²) in [5, 5.41) is 0. The van der Waals surface area contributed by atoms with Gasteiger partial charge in [0, 0.05) is 6.54 Å². The summed E-state index contributed by atoms with van der Waals surface area (Å²) in [5.41, 5.74) is 5.55. The van der Waals surface area contributed by atoms with Crippen molar-refractivity contribution in [1.82, 2.24) is 4.90 Å². The minimum absolute atomic E-state index is 0.0485. The zero-order chi connectivity index (χ0) is 19.8. The molecule has 0 aromatic heterocycles. The fraction of sp³-hybridized carbons (Fsp3) is 0.240. The molecule has 4 heteroatoms. The number of fused-ring (bicyclic) bond motifs is 5. The van der Waals surface area contributed by atoms with E-state index in [-0.39, 0.29) is 24.6 Å².